The molecule has 1 aromatic heterocycles. The Labute approximate surface area is 153 Å². The zero-order valence-electron chi connectivity index (χ0n) is 15.4. The number of carboxylic acid groups (broad SMARTS) is 1. The fraction of sp³-hybridized carbons (Fsp3) is 0.474. The molecule has 3 rings (SSSR count). The highest BCUT2D eigenvalue weighted by Gasteiger charge is 2.35. The highest BCUT2D eigenvalue weighted by Crippen LogP contribution is 2.35. The Balaban J connectivity index is 1.92. The lowest BCUT2D eigenvalue weighted by Crippen LogP contribution is -2.39. The fourth-order valence-corrected chi connectivity index (χ4v) is 3.50. The number of nitrogens with one attached hydrogen (secondary N) is 1. The third-order valence-corrected chi connectivity index (χ3v) is 4.66. The average molecular weight is 359 g/mol. The predicted octanol–water partition coefficient (Wildman–Crippen LogP) is 2.70. The van der Waals surface area contributed by atoms with Gasteiger partial charge in [0, 0.05) is 36.3 Å². The summed E-state index contributed by atoms with van der Waals surface area (Å²) >= 11 is 0. The number of aromatic nitrogens is 2. The fourth-order valence-electron chi connectivity index (χ4n) is 3.50. The van der Waals surface area contributed by atoms with Crippen LogP contribution in [0.1, 0.15) is 42.4 Å². The summed E-state index contributed by atoms with van der Waals surface area (Å²) in [6, 6.07) is 3.13. The second-order valence-corrected chi connectivity index (χ2v) is 6.27. The third kappa shape index (κ3) is 3.39. The van der Waals surface area contributed by atoms with Gasteiger partial charge in [-0.25, -0.2) is 4.98 Å². The minimum atomic E-state index is -0.890. The van der Waals surface area contributed by atoms with Crippen molar-refractivity contribution in [2.75, 3.05) is 19.8 Å². The summed E-state index contributed by atoms with van der Waals surface area (Å²) in [7, 11) is 0. The molecule has 0 fully saturated rings. The molecule has 0 saturated heterocycles. The molecular weight excluding hydrogens is 334 g/mol. The standard InChI is InChI=1S/C19H25N3O4/c1-4-25-15-7-6-13(18(12(15)3)26-5-2)10-22-9-8-14-16(21-11-20-14)17(22)19(23)24/h6-7,11,17H,4-5,8-10H2,1-3H3,(H,20,21)(H,23,24). The van der Waals surface area contributed by atoms with Crippen molar-refractivity contribution in [2.24, 2.45) is 0 Å². The molecule has 0 bridgehead atoms. The second-order valence-electron chi connectivity index (χ2n) is 6.27. The number of nitrogens with zero attached hydrogens (tertiary/aromatic N) is 2. The molecule has 26 heavy (non-hydrogen) atoms. The molecule has 0 aliphatic carbocycles. The normalized spacial score (nSPS) is 17.0. The van der Waals surface area contributed by atoms with E-state index in [-0.39, 0.29) is 0 Å². The minimum Gasteiger partial charge on any atom is -0.493 e. The summed E-state index contributed by atoms with van der Waals surface area (Å²) in [6.45, 7) is 8.09. The molecule has 2 aromatic rings. The molecule has 0 spiro atoms. The first-order valence-corrected chi connectivity index (χ1v) is 8.93. The summed E-state index contributed by atoms with van der Waals surface area (Å²) in [6.07, 6.45) is 2.32. The quantitative estimate of drug-likeness (QED) is 0.790. The topological polar surface area (TPSA) is 87.7 Å². The molecular formula is C19H25N3O4. The maximum absolute atomic E-state index is 11.9. The van der Waals surface area contributed by atoms with Gasteiger partial charge < -0.3 is 19.6 Å². The van der Waals surface area contributed by atoms with Crippen molar-refractivity contribution >= 4 is 5.97 Å². The van der Waals surface area contributed by atoms with Gasteiger partial charge >= 0.3 is 5.97 Å². The molecule has 1 aliphatic rings. The van der Waals surface area contributed by atoms with E-state index in [1.807, 2.05) is 37.8 Å². The van der Waals surface area contributed by atoms with Gasteiger partial charge in [-0.2, -0.15) is 0 Å². The van der Waals surface area contributed by atoms with Gasteiger partial charge in [0.25, 0.3) is 0 Å². The molecule has 7 heteroatoms. The Kier molecular flexibility index (Phi) is 5.46. The van der Waals surface area contributed by atoms with E-state index in [1.54, 1.807) is 6.33 Å². The second kappa shape index (κ2) is 7.78. The Bertz CT molecular complexity index is 787. The molecule has 1 unspecified atom stereocenters. The van der Waals surface area contributed by atoms with Crippen LogP contribution in [0.15, 0.2) is 18.5 Å². The largest absolute Gasteiger partial charge is 0.493 e. The number of ether oxygens (including phenoxy) is 2. The summed E-state index contributed by atoms with van der Waals surface area (Å²) in [5.41, 5.74) is 3.40. The van der Waals surface area contributed by atoms with Crippen molar-refractivity contribution in [1.82, 2.24) is 14.9 Å². The molecule has 2 heterocycles. The van der Waals surface area contributed by atoms with Gasteiger partial charge in [0.05, 0.1) is 25.2 Å². The van der Waals surface area contributed by atoms with E-state index in [1.165, 1.54) is 0 Å². The Morgan fingerprint density at radius 1 is 1.35 bits per heavy atom. The Hall–Kier alpha value is -2.54. The van der Waals surface area contributed by atoms with Crippen LogP contribution in [0.25, 0.3) is 0 Å². The highest BCUT2D eigenvalue weighted by molar-refractivity contribution is 5.75. The van der Waals surface area contributed by atoms with Crippen LogP contribution in [0.5, 0.6) is 11.5 Å². The molecule has 2 N–H and O–H groups in total. The molecule has 0 saturated carbocycles. The first kappa shape index (κ1) is 18.3. The number of H-pyrrole nitrogens is 1. The Morgan fingerprint density at radius 2 is 2.12 bits per heavy atom. The van der Waals surface area contributed by atoms with Gasteiger partial charge in [0.2, 0.25) is 0 Å². The van der Waals surface area contributed by atoms with E-state index in [0.717, 1.165) is 34.7 Å². The zero-order chi connectivity index (χ0) is 18.7. The number of imidazole rings is 1. The number of rotatable bonds is 7. The number of aliphatic carboxylic acids is 1. The van der Waals surface area contributed by atoms with E-state index >= 15 is 0 Å². The van der Waals surface area contributed by atoms with E-state index in [9.17, 15) is 9.90 Å². The van der Waals surface area contributed by atoms with Crippen molar-refractivity contribution in [1.29, 1.82) is 0 Å². The smallest absolute Gasteiger partial charge is 0.327 e. The maximum atomic E-state index is 11.9. The number of fused-ring (bicyclic) bond motifs is 1. The number of carbonyl (C=O) groups is 1. The summed E-state index contributed by atoms with van der Waals surface area (Å²) < 4.78 is 11.5. The number of hydrogen-bond acceptors (Lipinski definition) is 5. The molecule has 0 amide bonds. The van der Waals surface area contributed by atoms with Crippen molar-refractivity contribution in [2.45, 2.75) is 39.8 Å². The van der Waals surface area contributed by atoms with E-state index in [4.69, 9.17) is 9.47 Å². The van der Waals surface area contributed by atoms with Crippen LogP contribution in [0.2, 0.25) is 0 Å². The maximum Gasteiger partial charge on any atom is 0.327 e. The van der Waals surface area contributed by atoms with Gasteiger partial charge in [-0.05, 0) is 26.8 Å². The number of hydrogen-bond donors (Lipinski definition) is 2. The van der Waals surface area contributed by atoms with Crippen molar-refractivity contribution in [3.8, 4) is 11.5 Å². The number of carboxylic acids is 1. The van der Waals surface area contributed by atoms with E-state index in [2.05, 4.69) is 9.97 Å². The lowest BCUT2D eigenvalue weighted by Gasteiger charge is -2.32. The SMILES string of the molecule is CCOc1ccc(CN2CCc3[nH]cnc3C2C(=O)O)c(OCC)c1C. The lowest BCUT2D eigenvalue weighted by molar-refractivity contribution is -0.144. The van der Waals surface area contributed by atoms with Crippen LogP contribution in [-0.2, 0) is 17.8 Å². The highest BCUT2D eigenvalue weighted by atomic mass is 16.5. The van der Waals surface area contributed by atoms with Gasteiger partial charge in [-0.1, -0.05) is 6.07 Å². The van der Waals surface area contributed by atoms with Crippen LogP contribution in [-0.4, -0.2) is 45.7 Å². The van der Waals surface area contributed by atoms with Gasteiger partial charge in [-0.15, -0.1) is 0 Å². The predicted molar refractivity (Wildman–Crippen MR) is 96.6 cm³/mol. The summed E-state index contributed by atoms with van der Waals surface area (Å²) in [5.74, 6) is 0.678. The average Bonchev–Trinajstić information content (AvgIpc) is 3.08. The van der Waals surface area contributed by atoms with Gasteiger partial charge in [0.1, 0.15) is 11.5 Å². The zero-order valence-corrected chi connectivity index (χ0v) is 15.4. The summed E-state index contributed by atoms with van der Waals surface area (Å²) in [5, 5.41) is 9.75. The molecule has 140 valence electrons. The van der Waals surface area contributed by atoms with Gasteiger partial charge in [-0.3, -0.25) is 9.69 Å². The van der Waals surface area contributed by atoms with Crippen LogP contribution >= 0.6 is 0 Å². The van der Waals surface area contributed by atoms with Gasteiger partial charge in [0.15, 0.2) is 6.04 Å². The molecule has 1 atom stereocenters. The number of aromatic amines is 1. The van der Waals surface area contributed by atoms with Crippen LogP contribution < -0.4 is 9.47 Å². The van der Waals surface area contributed by atoms with Crippen LogP contribution in [0.3, 0.4) is 0 Å². The van der Waals surface area contributed by atoms with E-state index < -0.39 is 12.0 Å². The first-order valence-electron chi connectivity index (χ1n) is 8.93. The Morgan fingerprint density at radius 3 is 2.81 bits per heavy atom. The lowest BCUT2D eigenvalue weighted by atomic mass is 10.0. The molecule has 0 radical (unpaired) electrons. The van der Waals surface area contributed by atoms with Crippen molar-refractivity contribution in [3.63, 3.8) is 0 Å². The first-order chi connectivity index (χ1) is 12.6. The van der Waals surface area contributed by atoms with Crippen molar-refractivity contribution < 1.29 is 19.4 Å². The third-order valence-electron chi connectivity index (χ3n) is 4.66. The van der Waals surface area contributed by atoms with E-state index in [0.29, 0.717) is 32.0 Å². The monoisotopic (exact) mass is 359 g/mol. The van der Waals surface area contributed by atoms with Crippen LogP contribution in [0.4, 0.5) is 0 Å². The molecule has 7 nitrogen and oxygen atoms in total. The van der Waals surface area contributed by atoms with Crippen molar-refractivity contribution in [3.05, 3.63) is 41.0 Å². The minimum absolute atomic E-state index is 0.478. The molecule has 1 aromatic carbocycles. The summed E-state index contributed by atoms with van der Waals surface area (Å²) in [4.78, 5) is 21.1. The molecule has 1 aliphatic heterocycles. The number of benzene rings is 1. The van der Waals surface area contributed by atoms with Crippen LogP contribution in [0, 0.1) is 6.92 Å².